The number of rotatable bonds is 3. The average Bonchev–Trinajstić information content (AvgIpc) is 3.49. The highest BCUT2D eigenvalue weighted by Gasteiger charge is 2.31. The Morgan fingerprint density at radius 1 is 1.08 bits per heavy atom. The number of hydrogen-bond donors (Lipinski definition) is 1. The largest absolute Gasteiger partial charge is 0.444 e. The Labute approximate surface area is 214 Å². The van der Waals surface area contributed by atoms with Crippen LogP contribution in [0.2, 0.25) is 0 Å². The lowest BCUT2D eigenvalue weighted by atomic mass is 9.93. The molecule has 0 bridgehead atoms. The average molecular weight is 531 g/mol. The number of fused-ring (bicyclic) bond motifs is 1. The van der Waals surface area contributed by atoms with Crippen molar-refractivity contribution in [3.63, 3.8) is 0 Å². The van der Waals surface area contributed by atoms with E-state index in [1.165, 1.54) is 24.4 Å². The van der Waals surface area contributed by atoms with Crippen LogP contribution < -0.4 is 5.56 Å². The number of aromatic amines is 1. The molecule has 0 aliphatic carbocycles. The van der Waals surface area contributed by atoms with Crippen LogP contribution >= 0.6 is 0 Å². The molecule has 13 heteroatoms. The van der Waals surface area contributed by atoms with E-state index in [-0.39, 0.29) is 29.4 Å². The van der Waals surface area contributed by atoms with Gasteiger partial charge in [0.1, 0.15) is 16.8 Å². The smallest absolute Gasteiger partial charge is 0.416 e. The Hall–Kier alpha value is -4.16. The summed E-state index contributed by atoms with van der Waals surface area (Å²) in [6.07, 6.45) is -2.11. The minimum atomic E-state index is -4.45. The van der Waals surface area contributed by atoms with E-state index in [9.17, 15) is 22.8 Å². The first-order valence-corrected chi connectivity index (χ1v) is 12.0. The van der Waals surface area contributed by atoms with Crippen molar-refractivity contribution in [3.8, 4) is 22.9 Å². The van der Waals surface area contributed by atoms with Gasteiger partial charge in [-0.15, -0.1) is 10.2 Å². The Balaban J connectivity index is 1.38. The predicted octanol–water partition coefficient (Wildman–Crippen LogP) is 4.87. The van der Waals surface area contributed by atoms with E-state index in [4.69, 9.17) is 9.15 Å². The SMILES string of the molecule is CC(C)(C)OC(=O)N1CCC(c2cc(=O)[nH]c3c(-c4nnc(-c5ccc(C(F)(F)F)cc5)o4)cnn23)CC1. The number of carbonyl (C=O) groups is 1. The van der Waals surface area contributed by atoms with Crippen LogP contribution in [-0.4, -0.2) is 54.5 Å². The summed E-state index contributed by atoms with van der Waals surface area (Å²) in [6.45, 7) is 6.39. The van der Waals surface area contributed by atoms with Crippen molar-refractivity contribution >= 4 is 11.7 Å². The second kappa shape index (κ2) is 9.30. The lowest BCUT2D eigenvalue weighted by Gasteiger charge is -2.33. The van der Waals surface area contributed by atoms with Crippen molar-refractivity contribution in [2.45, 2.75) is 51.3 Å². The maximum Gasteiger partial charge on any atom is 0.416 e. The number of aromatic nitrogens is 5. The van der Waals surface area contributed by atoms with Crippen LogP contribution in [0.5, 0.6) is 0 Å². The number of nitrogens with zero attached hydrogens (tertiary/aromatic N) is 5. The zero-order valence-corrected chi connectivity index (χ0v) is 20.9. The third-order valence-corrected chi connectivity index (χ3v) is 6.21. The summed E-state index contributed by atoms with van der Waals surface area (Å²) in [4.78, 5) is 29.4. The molecule has 1 fully saturated rings. The molecule has 10 nitrogen and oxygen atoms in total. The fourth-order valence-corrected chi connectivity index (χ4v) is 4.39. The number of amides is 1. The highest BCUT2D eigenvalue weighted by atomic mass is 19.4. The lowest BCUT2D eigenvalue weighted by molar-refractivity contribution is -0.137. The Morgan fingerprint density at radius 3 is 2.37 bits per heavy atom. The van der Waals surface area contributed by atoms with Gasteiger partial charge in [0.25, 0.3) is 11.4 Å². The van der Waals surface area contributed by atoms with Crippen molar-refractivity contribution in [1.82, 2.24) is 29.7 Å². The molecule has 1 aromatic carbocycles. The van der Waals surface area contributed by atoms with Gasteiger partial charge < -0.3 is 19.0 Å². The van der Waals surface area contributed by atoms with Crippen LogP contribution in [0.15, 0.2) is 45.7 Å². The van der Waals surface area contributed by atoms with E-state index in [0.29, 0.717) is 48.4 Å². The number of likely N-dealkylation sites (tertiary alicyclic amines) is 1. The molecule has 1 aliphatic rings. The van der Waals surface area contributed by atoms with Gasteiger partial charge in [0.15, 0.2) is 0 Å². The fourth-order valence-electron chi connectivity index (χ4n) is 4.39. The Morgan fingerprint density at radius 2 is 1.74 bits per heavy atom. The third kappa shape index (κ3) is 5.13. The number of piperidine rings is 1. The van der Waals surface area contributed by atoms with Gasteiger partial charge in [0.2, 0.25) is 5.89 Å². The van der Waals surface area contributed by atoms with Crippen LogP contribution in [0, 0.1) is 0 Å². The van der Waals surface area contributed by atoms with Gasteiger partial charge >= 0.3 is 12.3 Å². The monoisotopic (exact) mass is 530 g/mol. The summed E-state index contributed by atoms with van der Waals surface area (Å²) in [7, 11) is 0. The standard InChI is InChI=1S/C25H25F3N6O4/c1-24(2,3)38-23(36)33-10-8-14(9-11-33)18-12-19(35)30-20-17(13-29-34(18)20)22-32-31-21(37-22)15-4-6-16(7-5-15)25(26,27)28/h4-7,12-14H,8-11H2,1-3H3,(H,30,35). The molecular formula is C25H25F3N6O4. The number of H-pyrrole nitrogens is 1. The molecule has 4 aromatic rings. The van der Waals surface area contributed by atoms with Crippen molar-refractivity contribution in [3.05, 3.63) is 58.1 Å². The highest BCUT2D eigenvalue weighted by Crippen LogP contribution is 2.33. The first kappa shape index (κ1) is 25.5. The molecule has 200 valence electrons. The van der Waals surface area contributed by atoms with Crippen LogP contribution in [0.3, 0.4) is 0 Å². The first-order chi connectivity index (χ1) is 17.9. The Bertz CT molecular complexity index is 1520. The van der Waals surface area contributed by atoms with Gasteiger partial charge in [-0.3, -0.25) is 4.79 Å². The van der Waals surface area contributed by atoms with Crippen LogP contribution in [0.1, 0.15) is 50.8 Å². The molecule has 1 N–H and O–H groups in total. The molecule has 1 amide bonds. The highest BCUT2D eigenvalue weighted by molar-refractivity contribution is 5.72. The van der Waals surface area contributed by atoms with Gasteiger partial charge in [-0.2, -0.15) is 18.3 Å². The summed E-state index contributed by atoms with van der Waals surface area (Å²) in [5.74, 6) is 0.0557. The fraction of sp³-hybridized carbons (Fsp3) is 0.400. The molecule has 5 rings (SSSR count). The van der Waals surface area contributed by atoms with Crippen molar-refractivity contribution in [1.29, 1.82) is 0 Å². The maximum absolute atomic E-state index is 12.9. The zero-order chi connectivity index (χ0) is 27.2. The molecule has 1 aliphatic heterocycles. The number of alkyl halides is 3. The van der Waals surface area contributed by atoms with E-state index in [0.717, 1.165) is 12.1 Å². The second-order valence-corrected chi connectivity index (χ2v) is 10.1. The van der Waals surface area contributed by atoms with Gasteiger partial charge in [0, 0.05) is 30.6 Å². The topological polar surface area (TPSA) is 119 Å². The van der Waals surface area contributed by atoms with Gasteiger partial charge in [-0.05, 0) is 57.9 Å². The molecule has 0 spiro atoms. The summed E-state index contributed by atoms with van der Waals surface area (Å²) in [6, 6.07) is 5.86. The van der Waals surface area contributed by atoms with Gasteiger partial charge in [0.05, 0.1) is 17.5 Å². The number of halogens is 3. The van der Waals surface area contributed by atoms with Crippen LogP contribution in [0.25, 0.3) is 28.6 Å². The normalized spacial score (nSPS) is 15.3. The predicted molar refractivity (Wildman–Crippen MR) is 129 cm³/mol. The molecule has 4 heterocycles. The number of nitrogens with one attached hydrogen (secondary N) is 1. The van der Waals surface area contributed by atoms with E-state index in [1.54, 1.807) is 9.42 Å². The molecule has 3 aromatic heterocycles. The molecule has 38 heavy (non-hydrogen) atoms. The number of carbonyl (C=O) groups excluding carboxylic acids is 1. The summed E-state index contributed by atoms with van der Waals surface area (Å²) >= 11 is 0. The quantitative estimate of drug-likeness (QED) is 0.401. The van der Waals surface area contributed by atoms with E-state index < -0.39 is 17.3 Å². The van der Waals surface area contributed by atoms with E-state index in [2.05, 4.69) is 20.3 Å². The first-order valence-electron chi connectivity index (χ1n) is 12.0. The maximum atomic E-state index is 12.9. The number of benzene rings is 1. The molecule has 0 saturated carbocycles. The van der Waals surface area contributed by atoms with Crippen molar-refractivity contribution < 1.29 is 27.1 Å². The number of hydrogen-bond acceptors (Lipinski definition) is 7. The molecule has 0 atom stereocenters. The summed E-state index contributed by atoms with van der Waals surface area (Å²) in [5, 5.41) is 12.4. The summed E-state index contributed by atoms with van der Waals surface area (Å²) < 4.78 is 51.4. The molecular weight excluding hydrogens is 505 g/mol. The second-order valence-electron chi connectivity index (χ2n) is 10.1. The van der Waals surface area contributed by atoms with E-state index >= 15 is 0 Å². The van der Waals surface area contributed by atoms with Crippen LogP contribution in [-0.2, 0) is 10.9 Å². The summed E-state index contributed by atoms with van der Waals surface area (Å²) in [5.41, 5.74) is 0.0160. The molecule has 0 radical (unpaired) electrons. The minimum absolute atomic E-state index is 0.0288. The van der Waals surface area contributed by atoms with Crippen molar-refractivity contribution in [2.24, 2.45) is 0 Å². The molecule has 0 unspecified atom stereocenters. The zero-order valence-electron chi connectivity index (χ0n) is 20.9. The number of ether oxygens (including phenoxy) is 1. The van der Waals surface area contributed by atoms with Crippen LogP contribution in [0.4, 0.5) is 18.0 Å². The van der Waals surface area contributed by atoms with E-state index in [1.807, 2.05) is 20.8 Å². The third-order valence-electron chi connectivity index (χ3n) is 6.21. The Kier molecular flexibility index (Phi) is 6.24. The van der Waals surface area contributed by atoms with Gasteiger partial charge in [-0.1, -0.05) is 0 Å². The van der Waals surface area contributed by atoms with Gasteiger partial charge in [-0.25, -0.2) is 9.31 Å². The minimum Gasteiger partial charge on any atom is -0.444 e. The lowest BCUT2D eigenvalue weighted by Crippen LogP contribution is -2.41. The molecule has 1 saturated heterocycles. The van der Waals surface area contributed by atoms with Crippen molar-refractivity contribution in [2.75, 3.05) is 13.1 Å².